The van der Waals surface area contributed by atoms with E-state index in [4.69, 9.17) is 9.47 Å². The lowest BCUT2D eigenvalue weighted by atomic mass is 10.00. The summed E-state index contributed by atoms with van der Waals surface area (Å²) >= 11 is 0. The second kappa shape index (κ2) is 5.87. The van der Waals surface area contributed by atoms with Crippen LogP contribution in [0.15, 0.2) is 48.5 Å². The minimum atomic E-state index is -0.303. The maximum absolute atomic E-state index is 12.2. The molecule has 0 N–H and O–H groups in total. The third-order valence-corrected chi connectivity index (χ3v) is 3.63. The van der Waals surface area contributed by atoms with Crippen LogP contribution in [0.3, 0.4) is 0 Å². The summed E-state index contributed by atoms with van der Waals surface area (Å²) in [5, 5.41) is 0. The van der Waals surface area contributed by atoms with Crippen LogP contribution in [0.1, 0.15) is 11.1 Å². The SMILES string of the molecule is COc1ccc2c(c1)CCN(C(=O)Oc1ccccc1)C2. The first-order valence-corrected chi connectivity index (χ1v) is 6.94. The maximum atomic E-state index is 12.2. The Labute approximate surface area is 123 Å². The molecule has 4 heteroatoms. The summed E-state index contributed by atoms with van der Waals surface area (Å²) in [6, 6.07) is 15.1. The van der Waals surface area contributed by atoms with Gasteiger partial charge in [-0.25, -0.2) is 4.79 Å². The van der Waals surface area contributed by atoms with Gasteiger partial charge in [-0.2, -0.15) is 0 Å². The van der Waals surface area contributed by atoms with E-state index < -0.39 is 0 Å². The van der Waals surface area contributed by atoms with Crippen molar-refractivity contribution in [1.82, 2.24) is 4.90 Å². The Hall–Kier alpha value is -2.49. The molecule has 4 nitrogen and oxygen atoms in total. The number of para-hydroxylation sites is 1. The van der Waals surface area contributed by atoms with Crippen molar-refractivity contribution in [3.05, 3.63) is 59.7 Å². The largest absolute Gasteiger partial charge is 0.497 e. The molecule has 1 heterocycles. The lowest BCUT2D eigenvalue weighted by Gasteiger charge is -2.28. The van der Waals surface area contributed by atoms with Crippen molar-refractivity contribution >= 4 is 6.09 Å². The highest BCUT2D eigenvalue weighted by Gasteiger charge is 2.22. The number of hydrogen-bond acceptors (Lipinski definition) is 3. The maximum Gasteiger partial charge on any atom is 0.415 e. The summed E-state index contributed by atoms with van der Waals surface area (Å²) < 4.78 is 10.6. The van der Waals surface area contributed by atoms with Crippen molar-refractivity contribution in [2.24, 2.45) is 0 Å². The van der Waals surface area contributed by atoms with Gasteiger partial charge >= 0.3 is 6.09 Å². The van der Waals surface area contributed by atoms with E-state index >= 15 is 0 Å². The van der Waals surface area contributed by atoms with Gasteiger partial charge in [0.2, 0.25) is 0 Å². The van der Waals surface area contributed by atoms with Crippen molar-refractivity contribution in [2.75, 3.05) is 13.7 Å². The van der Waals surface area contributed by atoms with Gasteiger partial charge in [0.1, 0.15) is 11.5 Å². The number of fused-ring (bicyclic) bond motifs is 1. The zero-order valence-corrected chi connectivity index (χ0v) is 11.9. The molecule has 2 aromatic rings. The third kappa shape index (κ3) is 2.99. The van der Waals surface area contributed by atoms with Crippen molar-refractivity contribution in [3.8, 4) is 11.5 Å². The van der Waals surface area contributed by atoms with Crippen LogP contribution in [-0.2, 0) is 13.0 Å². The highest BCUT2D eigenvalue weighted by Crippen LogP contribution is 2.24. The molecule has 1 aliphatic rings. The fraction of sp³-hybridized carbons (Fsp3) is 0.235. The summed E-state index contributed by atoms with van der Waals surface area (Å²) in [6.07, 6.45) is 0.513. The summed E-state index contributed by atoms with van der Waals surface area (Å²) in [5.41, 5.74) is 2.38. The molecule has 21 heavy (non-hydrogen) atoms. The van der Waals surface area contributed by atoms with E-state index in [2.05, 4.69) is 0 Å². The number of benzene rings is 2. The normalized spacial score (nSPS) is 13.5. The third-order valence-electron chi connectivity index (χ3n) is 3.63. The Bertz CT molecular complexity index is 640. The van der Waals surface area contributed by atoms with E-state index in [9.17, 15) is 4.79 Å². The predicted molar refractivity (Wildman–Crippen MR) is 79.6 cm³/mol. The predicted octanol–water partition coefficient (Wildman–Crippen LogP) is 3.25. The van der Waals surface area contributed by atoms with E-state index in [0.29, 0.717) is 18.8 Å². The quantitative estimate of drug-likeness (QED) is 0.849. The first-order valence-electron chi connectivity index (χ1n) is 6.94. The molecular formula is C17H17NO3. The minimum absolute atomic E-state index is 0.303. The average molecular weight is 283 g/mol. The van der Waals surface area contributed by atoms with Crippen molar-refractivity contribution in [2.45, 2.75) is 13.0 Å². The molecule has 0 unspecified atom stereocenters. The number of hydrogen-bond donors (Lipinski definition) is 0. The van der Waals surface area contributed by atoms with Gasteiger partial charge in [-0.1, -0.05) is 24.3 Å². The lowest BCUT2D eigenvalue weighted by molar-refractivity contribution is 0.147. The molecular weight excluding hydrogens is 266 g/mol. The van der Waals surface area contributed by atoms with Crippen LogP contribution in [0.4, 0.5) is 4.79 Å². The first-order chi connectivity index (χ1) is 10.3. The molecule has 1 aliphatic heterocycles. The minimum Gasteiger partial charge on any atom is -0.497 e. The summed E-state index contributed by atoms with van der Waals surface area (Å²) in [5.74, 6) is 1.43. The number of methoxy groups -OCH3 is 1. The molecule has 2 aromatic carbocycles. The van der Waals surface area contributed by atoms with Gasteiger partial charge in [0.05, 0.1) is 7.11 Å². The van der Waals surface area contributed by atoms with Gasteiger partial charge in [0.25, 0.3) is 0 Å². The number of carbonyl (C=O) groups is 1. The highest BCUT2D eigenvalue weighted by atomic mass is 16.6. The van der Waals surface area contributed by atoms with Crippen molar-refractivity contribution in [3.63, 3.8) is 0 Å². The van der Waals surface area contributed by atoms with Gasteiger partial charge in [0, 0.05) is 13.1 Å². The van der Waals surface area contributed by atoms with E-state index in [-0.39, 0.29) is 6.09 Å². The van der Waals surface area contributed by atoms with Gasteiger partial charge in [-0.15, -0.1) is 0 Å². The van der Waals surface area contributed by atoms with E-state index in [0.717, 1.165) is 17.7 Å². The van der Waals surface area contributed by atoms with Crippen LogP contribution >= 0.6 is 0 Å². The lowest BCUT2D eigenvalue weighted by Crippen LogP contribution is -2.37. The Balaban J connectivity index is 1.69. The molecule has 108 valence electrons. The molecule has 3 rings (SSSR count). The summed E-state index contributed by atoms with van der Waals surface area (Å²) in [6.45, 7) is 1.23. The molecule has 0 saturated heterocycles. The first kappa shape index (κ1) is 13.5. The molecule has 1 amide bonds. The zero-order chi connectivity index (χ0) is 14.7. The number of carbonyl (C=O) groups excluding carboxylic acids is 1. The van der Waals surface area contributed by atoms with Crippen molar-refractivity contribution in [1.29, 1.82) is 0 Å². The second-order valence-electron chi connectivity index (χ2n) is 4.99. The van der Waals surface area contributed by atoms with E-state index in [1.54, 1.807) is 24.1 Å². The number of nitrogens with zero attached hydrogens (tertiary/aromatic N) is 1. The van der Waals surface area contributed by atoms with Crippen LogP contribution in [0.2, 0.25) is 0 Å². The Morgan fingerprint density at radius 1 is 1.05 bits per heavy atom. The Morgan fingerprint density at radius 2 is 1.86 bits per heavy atom. The van der Waals surface area contributed by atoms with Gasteiger partial charge in [0.15, 0.2) is 0 Å². The molecule has 0 bridgehead atoms. The number of ether oxygens (including phenoxy) is 2. The van der Waals surface area contributed by atoms with Crippen LogP contribution < -0.4 is 9.47 Å². The molecule has 0 aromatic heterocycles. The second-order valence-corrected chi connectivity index (χ2v) is 4.99. The molecule has 0 radical (unpaired) electrons. The van der Waals surface area contributed by atoms with Crippen molar-refractivity contribution < 1.29 is 14.3 Å². The monoisotopic (exact) mass is 283 g/mol. The summed E-state index contributed by atoms with van der Waals surface area (Å²) in [4.78, 5) is 13.9. The zero-order valence-electron chi connectivity index (χ0n) is 11.9. The van der Waals surface area contributed by atoms with E-state index in [1.165, 1.54) is 5.56 Å². The van der Waals surface area contributed by atoms with Crippen LogP contribution in [-0.4, -0.2) is 24.6 Å². The average Bonchev–Trinajstić information content (AvgIpc) is 2.54. The molecule has 0 fully saturated rings. The fourth-order valence-corrected chi connectivity index (χ4v) is 2.47. The van der Waals surface area contributed by atoms with Gasteiger partial charge in [-0.3, -0.25) is 0 Å². The number of amides is 1. The van der Waals surface area contributed by atoms with Crippen LogP contribution in [0.5, 0.6) is 11.5 Å². The topological polar surface area (TPSA) is 38.8 Å². The smallest absolute Gasteiger partial charge is 0.415 e. The highest BCUT2D eigenvalue weighted by molar-refractivity contribution is 5.71. The molecule has 0 aliphatic carbocycles. The van der Waals surface area contributed by atoms with Gasteiger partial charge in [-0.05, 0) is 41.8 Å². The fourth-order valence-electron chi connectivity index (χ4n) is 2.47. The standard InChI is InChI=1S/C17H17NO3/c1-20-16-8-7-14-12-18(10-9-13(14)11-16)17(19)21-15-5-3-2-4-6-15/h2-8,11H,9-10,12H2,1H3. The van der Waals surface area contributed by atoms with Crippen LogP contribution in [0, 0.1) is 0 Å². The molecule has 0 atom stereocenters. The molecule has 0 saturated carbocycles. The Kier molecular flexibility index (Phi) is 3.77. The summed E-state index contributed by atoms with van der Waals surface area (Å²) in [7, 11) is 1.66. The molecule has 0 spiro atoms. The van der Waals surface area contributed by atoms with E-state index in [1.807, 2.05) is 36.4 Å². The number of rotatable bonds is 2. The van der Waals surface area contributed by atoms with Gasteiger partial charge < -0.3 is 14.4 Å². The van der Waals surface area contributed by atoms with Crippen LogP contribution in [0.25, 0.3) is 0 Å². The Morgan fingerprint density at radius 3 is 2.62 bits per heavy atom.